The number of nitrogens with zero attached hydrogens (tertiary/aromatic N) is 2. The van der Waals surface area contributed by atoms with Crippen LogP contribution in [0.5, 0.6) is 11.5 Å². The third kappa shape index (κ3) is 5.12. The van der Waals surface area contributed by atoms with Gasteiger partial charge in [-0.05, 0) is 49.1 Å². The lowest BCUT2D eigenvalue weighted by molar-refractivity contribution is 0.101. The molecule has 0 aliphatic carbocycles. The van der Waals surface area contributed by atoms with E-state index in [2.05, 4.69) is 10.3 Å². The zero-order valence-electron chi connectivity index (χ0n) is 15.1. The number of urea groups is 1. The average Bonchev–Trinajstić information content (AvgIpc) is 2.69. The van der Waals surface area contributed by atoms with E-state index in [9.17, 15) is 4.79 Å². The Morgan fingerprint density at radius 3 is 2.69 bits per heavy atom. The van der Waals surface area contributed by atoms with Gasteiger partial charge >= 0.3 is 6.03 Å². The quantitative estimate of drug-likeness (QED) is 0.865. The molecule has 0 saturated carbocycles. The minimum absolute atomic E-state index is 0.0264. The molecule has 6 nitrogen and oxygen atoms in total. The summed E-state index contributed by atoms with van der Waals surface area (Å²) in [5.74, 6) is 1.64. The topological polar surface area (TPSA) is 63.7 Å². The van der Waals surface area contributed by atoms with Crippen LogP contribution in [0.15, 0.2) is 48.8 Å². The molecule has 138 valence electrons. The van der Waals surface area contributed by atoms with Gasteiger partial charge < -0.3 is 19.7 Å². The summed E-state index contributed by atoms with van der Waals surface area (Å²) in [5.41, 5.74) is 1.17. The second-order valence-electron chi connectivity index (χ2n) is 6.34. The third-order valence-corrected chi connectivity index (χ3v) is 4.47. The Bertz CT molecular complexity index is 691. The zero-order valence-corrected chi connectivity index (χ0v) is 15.1. The third-order valence-electron chi connectivity index (χ3n) is 4.47. The fourth-order valence-corrected chi connectivity index (χ4v) is 3.05. The van der Waals surface area contributed by atoms with Gasteiger partial charge in [-0.25, -0.2) is 4.79 Å². The number of likely N-dealkylation sites (tertiary alicyclic amines) is 1. The molecular weight excluding hydrogens is 330 g/mol. The van der Waals surface area contributed by atoms with Crippen LogP contribution in [-0.2, 0) is 6.42 Å². The van der Waals surface area contributed by atoms with Gasteiger partial charge in [-0.1, -0.05) is 12.1 Å². The van der Waals surface area contributed by atoms with Gasteiger partial charge in [0, 0.05) is 25.5 Å². The molecule has 1 unspecified atom stereocenters. The van der Waals surface area contributed by atoms with Crippen LogP contribution in [0, 0.1) is 0 Å². The number of hydrogen-bond donors (Lipinski definition) is 1. The predicted molar refractivity (Wildman–Crippen MR) is 99.6 cm³/mol. The van der Waals surface area contributed by atoms with Crippen LogP contribution < -0.4 is 14.8 Å². The normalized spacial score (nSPS) is 16.8. The van der Waals surface area contributed by atoms with Gasteiger partial charge in [-0.3, -0.25) is 4.98 Å². The summed E-state index contributed by atoms with van der Waals surface area (Å²) < 4.78 is 11.1. The second-order valence-corrected chi connectivity index (χ2v) is 6.34. The summed E-state index contributed by atoms with van der Waals surface area (Å²) in [5, 5.41) is 3.00. The Morgan fingerprint density at radius 1 is 1.19 bits per heavy atom. The molecule has 1 aromatic heterocycles. The lowest BCUT2D eigenvalue weighted by Gasteiger charge is -2.32. The molecule has 1 atom stereocenters. The first-order chi connectivity index (χ1) is 12.7. The highest BCUT2D eigenvalue weighted by Gasteiger charge is 2.24. The Balaban J connectivity index is 1.43. The number of nitrogens with one attached hydrogen (secondary N) is 1. The molecule has 1 N–H and O–H groups in total. The number of piperidine rings is 1. The SMILES string of the molecule is COc1ccc(CCNC(=O)N2CCCC(Oc3ccncc3)C2)cc1. The monoisotopic (exact) mass is 355 g/mol. The van der Waals surface area contributed by atoms with Gasteiger partial charge in [0.2, 0.25) is 0 Å². The largest absolute Gasteiger partial charge is 0.497 e. The number of amides is 2. The number of benzene rings is 1. The maximum absolute atomic E-state index is 12.4. The maximum atomic E-state index is 12.4. The summed E-state index contributed by atoms with van der Waals surface area (Å²) in [6, 6.07) is 11.6. The van der Waals surface area contributed by atoms with E-state index >= 15 is 0 Å². The van der Waals surface area contributed by atoms with Crippen LogP contribution in [0.3, 0.4) is 0 Å². The Hall–Kier alpha value is -2.76. The molecule has 3 rings (SSSR count). The number of aromatic nitrogens is 1. The van der Waals surface area contributed by atoms with Crippen LogP contribution in [0.1, 0.15) is 18.4 Å². The van der Waals surface area contributed by atoms with E-state index in [0.29, 0.717) is 13.1 Å². The van der Waals surface area contributed by atoms with E-state index < -0.39 is 0 Å². The number of carbonyl (C=O) groups excluding carboxylic acids is 1. The Labute approximate surface area is 154 Å². The number of carbonyl (C=O) groups is 1. The molecule has 1 saturated heterocycles. The minimum atomic E-state index is -0.0264. The molecule has 26 heavy (non-hydrogen) atoms. The van der Waals surface area contributed by atoms with Gasteiger partial charge in [0.15, 0.2) is 0 Å². The van der Waals surface area contributed by atoms with Crippen molar-refractivity contribution in [3.63, 3.8) is 0 Å². The van der Waals surface area contributed by atoms with Crippen LogP contribution in [0.25, 0.3) is 0 Å². The van der Waals surface area contributed by atoms with Crippen LogP contribution in [0.2, 0.25) is 0 Å². The van der Waals surface area contributed by atoms with Crippen molar-refractivity contribution in [3.05, 3.63) is 54.4 Å². The summed E-state index contributed by atoms with van der Waals surface area (Å²) in [6.07, 6.45) is 6.14. The Morgan fingerprint density at radius 2 is 1.96 bits per heavy atom. The van der Waals surface area contributed by atoms with E-state index in [-0.39, 0.29) is 12.1 Å². The number of methoxy groups -OCH3 is 1. The number of ether oxygens (including phenoxy) is 2. The van der Waals surface area contributed by atoms with E-state index in [4.69, 9.17) is 9.47 Å². The molecule has 2 aromatic rings. The molecule has 1 fully saturated rings. The number of hydrogen-bond acceptors (Lipinski definition) is 4. The van der Waals surface area contributed by atoms with Crippen molar-refractivity contribution in [2.24, 2.45) is 0 Å². The summed E-state index contributed by atoms with van der Waals surface area (Å²) >= 11 is 0. The summed E-state index contributed by atoms with van der Waals surface area (Å²) in [6.45, 7) is 1.98. The van der Waals surface area contributed by atoms with Crippen molar-refractivity contribution in [1.82, 2.24) is 15.2 Å². The van der Waals surface area contributed by atoms with Gasteiger partial charge in [0.25, 0.3) is 0 Å². The molecule has 2 heterocycles. The first-order valence-corrected chi connectivity index (χ1v) is 8.97. The Kier molecular flexibility index (Phi) is 6.30. The highest BCUT2D eigenvalue weighted by Crippen LogP contribution is 2.17. The van der Waals surface area contributed by atoms with Crippen LogP contribution in [-0.4, -0.2) is 48.8 Å². The van der Waals surface area contributed by atoms with Crippen LogP contribution in [0.4, 0.5) is 4.79 Å². The zero-order chi connectivity index (χ0) is 18.2. The minimum Gasteiger partial charge on any atom is -0.497 e. The lowest BCUT2D eigenvalue weighted by Crippen LogP contribution is -2.48. The summed E-state index contributed by atoms with van der Waals surface area (Å²) in [4.78, 5) is 18.2. The fourth-order valence-electron chi connectivity index (χ4n) is 3.05. The fraction of sp³-hybridized carbons (Fsp3) is 0.400. The summed E-state index contributed by atoms with van der Waals surface area (Å²) in [7, 11) is 1.65. The molecule has 0 radical (unpaired) electrons. The van der Waals surface area contributed by atoms with E-state index in [1.807, 2.05) is 41.3 Å². The molecule has 0 spiro atoms. The number of pyridine rings is 1. The molecule has 6 heteroatoms. The van der Waals surface area contributed by atoms with Crippen molar-refractivity contribution < 1.29 is 14.3 Å². The van der Waals surface area contributed by atoms with Crippen molar-refractivity contribution in [3.8, 4) is 11.5 Å². The van der Waals surface area contributed by atoms with Crippen LogP contribution >= 0.6 is 0 Å². The van der Waals surface area contributed by atoms with Gasteiger partial charge in [0.1, 0.15) is 17.6 Å². The van der Waals surface area contributed by atoms with Gasteiger partial charge in [-0.15, -0.1) is 0 Å². The van der Waals surface area contributed by atoms with Gasteiger partial charge in [0.05, 0.1) is 13.7 Å². The molecule has 1 aliphatic heterocycles. The first-order valence-electron chi connectivity index (χ1n) is 8.97. The first kappa shape index (κ1) is 18.0. The lowest BCUT2D eigenvalue weighted by atomic mass is 10.1. The second kappa shape index (κ2) is 9.08. The molecule has 1 aliphatic rings. The highest BCUT2D eigenvalue weighted by atomic mass is 16.5. The van der Waals surface area contributed by atoms with Crippen molar-refractivity contribution >= 4 is 6.03 Å². The maximum Gasteiger partial charge on any atom is 0.317 e. The van der Waals surface area contributed by atoms with E-state index in [1.54, 1.807) is 19.5 Å². The van der Waals surface area contributed by atoms with Crippen molar-refractivity contribution in [1.29, 1.82) is 0 Å². The molecule has 2 amide bonds. The van der Waals surface area contributed by atoms with Gasteiger partial charge in [-0.2, -0.15) is 0 Å². The average molecular weight is 355 g/mol. The highest BCUT2D eigenvalue weighted by molar-refractivity contribution is 5.74. The molecular formula is C20H25N3O3. The van der Waals surface area contributed by atoms with Crippen molar-refractivity contribution in [2.45, 2.75) is 25.4 Å². The standard InChI is InChI=1S/C20H25N3O3/c1-25-17-6-4-16(5-7-17)8-13-22-20(24)23-14-2-3-19(15-23)26-18-9-11-21-12-10-18/h4-7,9-12,19H,2-3,8,13-15H2,1H3,(H,22,24). The smallest absolute Gasteiger partial charge is 0.317 e. The molecule has 1 aromatic carbocycles. The molecule has 0 bridgehead atoms. The van der Waals surface area contributed by atoms with E-state index in [1.165, 1.54) is 5.56 Å². The predicted octanol–water partition coefficient (Wildman–Crippen LogP) is 2.89. The van der Waals surface area contributed by atoms with E-state index in [0.717, 1.165) is 37.3 Å². The van der Waals surface area contributed by atoms with Crippen molar-refractivity contribution in [2.75, 3.05) is 26.7 Å². The number of rotatable bonds is 6.